The summed E-state index contributed by atoms with van der Waals surface area (Å²) in [6, 6.07) is 26.2. The van der Waals surface area contributed by atoms with Crippen molar-refractivity contribution in [1.82, 2.24) is 9.71 Å². The average Bonchev–Trinajstić information content (AvgIpc) is 3.24. The second kappa shape index (κ2) is 8.06. The van der Waals surface area contributed by atoms with Crippen LogP contribution in [-0.4, -0.2) is 13.4 Å². The van der Waals surface area contributed by atoms with Gasteiger partial charge in [-0.3, -0.25) is 0 Å². The van der Waals surface area contributed by atoms with E-state index in [9.17, 15) is 8.42 Å². The van der Waals surface area contributed by atoms with E-state index in [-0.39, 0.29) is 11.4 Å². The van der Waals surface area contributed by atoms with Crippen LogP contribution in [0.15, 0.2) is 95.2 Å². The molecule has 4 aromatic rings. The third kappa shape index (κ3) is 4.20. The Morgan fingerprint density at radius 1 is 0.821 bits per heavy atom. The molecule has 140 valence electrons. The standard InChI is InChI=1S/C22H18N2O2S2/c25-28(26,20-12-5-2-6-13-20)23-15-17-8-7-11-19(14-17)22-24-21(16-27-22)18-9-3-1-4-10-18/h1-14,16,23H,15H2. The summed E-state index contributed by atoms with van der Waals surface area (Å²) in [4.78, 5) is 4.99. The maximum absolute atomic E-state index is 12.4. The van der Waals surface area contributed by atoms with Crippen molar-refractivity contribution >= 4 is 21.4 Å². The zero-order valence-corrected chi connectivity index (χ0v) is 16.6. The van der Waals surface area contributed by atoms with Gasteiger partial charge in [-0.25, -0.2) is 18.1 Å². The van der Waals surface area contributed by atoms with E-state index in [1.54, 1.807) is 41.7 Å². The summed E-state index contributed by atoms with van der Waals surface area (Å²) in [5, 5.41) is 2.95. The van der Waals surface area contributed by atoms with Gasteiger partial charge in [0.25, 0.3) is 0 Å². The third-order valence-corrected chi connectivity index (χ3v) is 6.58. The van der Waals surface area contributed by atoms with Crippen molar-refractivity contribution in [3.63, 3.8) is 0 Å². The molecular formula is C22H18N2O2S2. The molecule has 3 aromatic carbocycles. The molecule has 0 saturated carbocycles. The molecule has 0 aliphatic carbocycles. The summed E-state index contributed by atoms with van der Waals surface area (Å²) < 4.78 is 27.5. The van der Waals surface area contributed by atoms with Crippen LogP contribution in [0, 0.1) is 0 Å². The summed E-state index contributed by atoms with van der Waals surface area (Å²) in [7, 11) is -3.53. The van der Waals surface area contributed by atoms with Gasteiger partial charge in [-0.2, -0.15) is 0 Å². The predicted octanol–water partition coefficient (Wildman–Crippen LogP) is 4.96. The molecule has 0 amide bonds. The predicted molar refractivity (Wildman–Crippen MR) is 113 cm³/mol. The molecular weight excluding hydrogens is 388 g/mol. The van der Waals surface area contributed by atoms with Crippen molar-refractivity contribution in [1.29, 1.82) is 0 Å². The molecule has 0 unspecified atom stereocenters. The first kappa shape index (κ1) is 18.6. The molecule has 0 saturated heterocycles. The van der Waals surface area contributed by atoms with Gasteiger partial charge >= 0.3 is 0 Å². The SMILES string of the molecule is O=S(=O)(NCc1cccc(-c2nc(-c3ccccc3)cs2)c1)c1ccccc1. The van der Waals surface area contributed by atoms with Crippen molar-refractivity contribution in [3.8, 4) is 21.8 Å². The highest BCUT2D eigenvalue weighted by molar-refractivity contribution is 7.89. The zero-order chi connectivity index (χ0) is 19.4. The Balaban J connectivity index is 1.52. The Bertz CT molecular complexity index is 1170. The zero-order valence-electron chi connectivity index (χ0n) is 14.9. The summed E-state index contributed by atoms with van der Waals surface area (Å²) in [5.41, 5.74) is 3.88. The molecule has 28 heavy (non-hydrogen) atoms. The lowest BCUT2D eigenvalue weighted by Crippen LogP contribution is -2.23. The van der Waals surface area contributed by atoms with Gasteiger partial charge in [0.2, 0.25) is 10.0 Å². The number of hydrogen-bond donors (Lipinski definition) is 1. The molecule has 4 nitrogen and oxygen atoms in total. The fourth-order valence-electron chi connectivity index (χ4n) is 2.82. The molecule has 6 heteroatoms. The first-order chi connectivity index (χ1) is 13.6. The fourth-order valence-corrected chi connectivity index (χ4v) is 4.69. The molecule has 0 bridgehead atoms. The molecule has 0 radical (unpaired) electrons. The normalized spacial score (nSPS) is 11.4. The Morgan fingerprint density at radius 3 is 2.25 bits per heavy atom. The molecule has 0 aliphatic rings. The Hall–Kier alpha value is -2.80. The van der Waals surface area contributed by atoms with Gasteiger partial charge in [-0.05, 0) is 23.8 Å². The van der Waals surface area contributed by atoms with Gasteiger partial charge in [-0.15, -0.1) is 11.3 Å². The number of hydrogen-bond acceptors (Lipinski definition) is 4. The van der Waals surface area contributed by atoms with E-state index in [0.717, 1.165) is 27.4 Å². The second-order valence-corrected chi connectivity index (χ2v) is 8.87. The summed E-state index contributed by atoms with van der Waals surface area (Å²) in [6.45, 7) is 0.224. The number of sulfonamides is 1. The van der Waals surface area contributed by atoms with E-state index in [0.29, 0.717) is 0 Å². The van der Waals surface area contributed by atoms with Crippen molar-refractivity contribution in [2.24, 2.45) is 0 Å². The van der Waals surface area contributed by atoms with Crippen molar-refractivity contribution < 1.29 is 8.42 Å². The van der Waals surface area contributed by atoms with Crippen molar-refractivity contribution in [2.45, 2.75) is 11.4 Å². The lowest BCUT2D eigenvalue weighted by molar-refractivity contribution is 0.581. The Morgan fingerprint density at radius 2 is 1.50 bits per heavy atom. The highest BCUT2D eigenvalue weighted by Crippen LogP contribution is 2.29. The van der Waals surface area contributed by atoms with Gasteiger partial charge in [0.05, 0.1) is 10.6 Å². The van der Waals surface area contributed by atoms with Gasteiger partial charge in [0, 0.05) is 23.1 Å². The Labute approximate surface area is 168 Å². The molecule has 0 spiro atoms. The maximum atomic E-state index is 12.4. The smallest absolute Gasteiger partial charge is 0.236 e. The summed E-state index contributed by atoms with van der Waals surface area (Å²) in [6.07, 6.45) is 0. The van der Waals surface area contributed by atoms with E-state index in [1.165, 1.54) is 0 Å². The second-order valence-electron chi connectivity index (χ2n) is 6.24. The molecule has 4 rings (SSSR count). The van der Waals surface area contributed by atoms with Gasteiger partial charge in [0.15, 0.2) is 0 Å². The van der Waals surface area contributed by atoms with Crippen LogP contribution in [0.25, 0.3) is 21.8 Å². The van der Waals surface area contributed by atoms with Gasteiger partial charge in [-0.1, -0.05) is 66.7 Å². The minimum absolute atomic E-state index is 0.224. The molecule has 1 aromatic heterocycles. The van der Waals surface area contributed by atoms with Crippen LogP contribution in [0.4, 0.5) is 0 Å². The van der Waals surface area contributed by atoms with E-state index in [4.69, 9.17) is 4.98 Å². The van der Waals surface area contributed by atoms with Crippen molar-refractivity contribution in [2.75, 3.05) is 0 Å². The lowest BCUT2D eigenvalue weighted by Gasteiger charge is -2.07. The third-order valence-electron chi connectivity index (χ3n) is 4.27. The minimum Gasteiger partial charge on any atom is -0.236 e. The number of aromatic nitrogens is 1. The molecule has 0 aliphatic heterocycles. The number of rotatable bonds is 6. The summed E-state index contributed by atoms with van der Waals surface area (Å²) >= 11 is 1.58. The van der Waals surface area contributed by atoms with Crippen LogP contribution in [-0.2, 0) is 16.6 Å². The van der Waals surface area contributed by atoms with Crippen LogP contribution < -0.4 is 4.72 Å². The first-order valence-electron chi connectivity index (χ1n) is 8.77. The fraction of sp³-hybridized carbons (Fsp3) is 0.0455. The van der Waals surface area contributed by atoms with Crippen molar-refractivity contribution in [3.05, 3.63) is 95.9 Å². The highest BCUT2D eigenvalue weighted by Gasteiger charge is 2.13. The maximum Gasteiger partial charge on any atom is 0.240 e. The number of benzene rings is 3. The van der Waals surface area contributed by atoms with E-state index < -0.39 is 10.0 Å². The molecule has 1 N–H and O–H groups in total. The van der Waals surface area contributed by atoms with Crippen LogP contribution in [0.5, 0.6) is 0 Å². The largest absolute Gasteiger partial charge is 0.240 e. The Kier molecular flexibility index (Phi) is 5.34. The van der Waals surface area contributed by atoms with Gasteiger partial charge in [0.1, 0.15) is 5.01 Å². The highest BCUT2D eigenvalue weighted by atomic mass is 32.2. The molecule has 1 heterocycles. The number of thiazole rings is 1. The van der Waals surface area contributed by atoms with E-state index in [1.807, 2.05) is 60.0 Å². The lowest BCUT2D eigenvalue weighted by atomic mass is 10.1. The van der Waals surface area contributed by atoms with E-state index in [2.05, 4.69) is 4.72 Å². The monoisotopic (exact) mass is 406 g/mol. The quantitative estimate of drug-likeness (QED) is 0.493. The first-order valence-corrected chi connectivity index (χ1v) is 11.1. The number of nitrogens with one attached hydrogen (secondary N) is 1. The topological polar surface area (TPSA) is 59.1 Å². The van der Waals surface area contributed by atoms with Crippen LogP contribution >= 0.6 is 11.3 Å². The number of nitrogens with zero attached hydrogens (tertiary/aromatic N) is 1. The van der Waals surface area contributed by atoms with E-state index >= 15 is 0 Å². The van der Waals surface area contributed by atoms with Gasteiger partial charge < -0.3 is 0 Å². The van der Waals surface area contributed by atoms with Crippen LogP contribution in [0.2, 0.25) is 0 Å². The molecule has 0 atom stereocenters. The summed E-state index contributed by atoms with van der Waals surface area (Å²) in [5.74, 6) is 0. The minimum atomic E-state index is -3.53. The average molecular weight is 407 g/mol. The van der Waals surface area contributed by atoms with Crippen LogP contribution in [0.3, 0.4) is 0 Å². The van der Waals surface area contributed by atoms with Crippen LogP contribution in [0.1, 0.15) is 5.56 Å². The molecule has 0 fully saturated rings.